The number of aromatic nitrogens is 1. The highest BCUT2D eigenvalue weighted by molar-refractivity contribution is 7.06. The minimum absolute atomic E-state index is 0.00357. The molecule has 108 valence electrons. The normalized spacial score (nSPS) is 11.8. The summed E-state index contributed by atoms with van der Waals surface area (Å²) in [5.41, 5.74) is -0.501. The number of benzene rings is 1. The third-order valence-electron chi connectivity index (χ3n) is 2.39. The summed E-state index contributed by atoms with van der Waals surface area (Å²) < 4.78 is 60.2. The Balaban J connectivity index is 2.61. The first-order valence-corrected chi connectivity index (χ1v) is 6.54. The van der Waals surface area contributed by atoms with Gasteiger partial charge in [0.15, 0.2) is 0 Å². The zero-order valence-corrected chi connectivity index (χ0v) is 12.0. The molecule has 0 aliphatic heterocycles. The molecule has 0 fully saturated rings. The van der Waals surface area contributed by atoms with Crippen molar-refractivity contribution in [1.82, 2.24) is 4.37 Å². The Morgan fingerprint density at radius 1 is 1.25 bits per heavy atom. The third-order valence-corrected chi connectivity index (χ3v) is 4.06. The lowest BCUT2D eigenvalue weighted by Gasteiger charge is -2.07. The second-order valence-electron chi connectivity index (χ2n) is 3.64. The summed E-state index contributed by atoms with van der Waals surface area (Å²) in [5.74, 6) is -0.725. The lowest BCUT2D eigenvalue weighted by atomic mass is 10.1. The van der Waals surface area contributed by atoms with Crippen LogP contribution in [0, 0.1) is 5.82 Å². The maximum atomic E-state index is 13.8. The highest BCUT2D eigenvalue weighted by Crippen LogP contribution is 2.44. The Hall–Kier alpha value is -1.05. The Morgan fingerprint density at radius 3 is 2.40 bits per heavy atom. The zero-order valence-electron chi connectivity index (χ0n) is 9.69. The van der Waals surface area contributed by atoms with Crippen LogP contribution < -0.4 is 4.74 Å². The van der Waals surface area contributed by atoms with Gasteiger partial charge in [-0.15, -0.1) is 0 Å². The van der Waals surface area contributed by atoms with E-state index in [0.717, 1.165) is 12.1 Å². The fraction of sp³-hybridized carbons (Fsp3) is 0.182. The summed E-state index contributed by atoms with van der Waals surface area (Å²) in [4.78, 5) is -1.08. The van der Waals surface area contributed by atoms with E-state index in [1.165, 1.54) is 7.11 Å². The van der Waals surface area contributed by atoms with Crippen molar-refractivity contribution in [3.8, 4) is 17.0 Å². The van der Waals surface area contributed by atoms with Crippen molar-refractivity contribution in [3.63, 3.8) is 0 Å². The van der Waals surface area contributed by atoms with Crippen LogP contribution in [-0.2, 0) is 6.18 Å². The lowest BCUT2D eigenvalue weighted by molar-refractivity contribution is -0.134. The molecule has 0 amide bonds. The molecule has 1 aromatic carbocycles. The molecule has 2 rings (SSSR count). The molecule has 0 saturated heterocycles. The average Bonchev–Trinajstić information content (AvgIpc) is 2.71. The van der Waals surface area contributed by atoms with Gasteiger partial charge >= 0.3 is 6.18 Å². The van der Waals surface area contributed by atoms with Gasteiger partial charge in [0.05, 0.1) is 17.2 Å². The SMILES string of the molecule is COc1cc(-c2nsc(C(F)(F)F)c2Cl)c(F)cc1Cl. The second kappa shape index (κ2) is 5.38. The number of methoxy groups -OCH3 is 1. The van der Waals surface area contributed by atoms with Crippen molar-refractivity contribution in [2.45, 2.75) is 6.18 Å². The predicted octanol–water partition coefficient (Wildman–Crippen LogP) is 5.28. The molecule has 0 unspecified atom stereocenters. The first-order valence-electron chi connectivity index (χ1n) is 5.01. The molecule has 0 aliphatic carbocycles. The van der Waals surface area contributed by atoms with Crippen LogP contribution in [0.3, 0.4) is 0 Å². The maximum absolute atomic E-state index is 13.8. The van der Waals surface area contributed by atoms with Crippen LogP contribution in [0.15, 0.2) is 12.1 Å². The van der Waals surface area contributed by atoms with Gasteiger partial charge < -0.3 is 4.74 Å². The van der Waals surface area contributed by atoms with Gasteiger partial charge in [-0.1, -0.05) is 23.2 Å². The van der Waals surface area contributed by atoms with Gasteiger partial charge in [0.25, 0.3) is 0 Å². The molecule has 2 nitrogen and oxygen atoms in total. The van der Waals surface area contributed by atoms with Crippen LogP contribution in [0.5, 0.6) is 5.75 Å². The molecule has 1 aromatic heterocycles. The zero-order chi connectivity index (χ0) is 15.1. The van der Waals surface area contributed by atoms with Gasteiger partial charge in [-0.05, 0) is 23.7 Å². The van der Waals surface area contributed by atoms with Crippen LogP contribution >= 0.6 is 34.7 Å². The Bertz CT molecular complexity index is 657. The van der Waals surface area contributed by atoms with Crippen LogP contribution in [0.1, 0.15) is 4.88 Å². The molecular formula is C11H5Cl2F4NOS. The minimum atomic E-state index is -4.64. The second-order valence-corrected chi connectivity index (χ2v) is 5.20. The van der Waals surface area contributed by atoms with E-state index in [0.29, 0.717) is 0 Å². The van der Waals surface area contributed by atoms with E-state index in [2.05, 4.69) is 4.37 Å². The molecule has 20 heavy (non-hydrogen) atoms. The smallest absolute Gasteiger partial charge is 0.428 e. The first-order chi connectivity index (χ1) is 9.25. The molecule has 0 N–H and O–H groups in total. The number of hydrogen-bond donors (Lipinski definition) is 0. The highest BCUT2D eigenvalue weighted by Gasteiger charge is 2.37. The van der Waals surface area contributed by atoms with Crippen molar-refractivity contribution in [1.29, 1.82) is 0 Å². The monoisotopic (exact) mass is 345 g/mol. The minimum Gasteiger partial charge on any atom is -0.495 e. The van der Waals surface area contributed by atoms with E-state index in [9.17, 15) is 17.6 Å². The fourth-order valence-corrected chi connectivity index (χ4v) is 2.77. The van der Waals surface area contributed by atoms with Gasteiger partial charge in [0, 0.05) is 5.56 Å². The van der Waals surface area contributed by atoms with E-state index in [1.54, 1.807) is 0 Å². The van der Waals surface area contributed by atoms with Crippen LogP contribution in [0.2, 0.25) is 10.0 Å². The molecule has 0 aliphatic rings. The molecule has 0 spiro atoms. The summed E-state index contributed by atoms with van der Waals surface area (Å²) in [6.07, 6.45) is -4.64. The average molecular weight is 346 g/mol. The number of rotatable bonds is 2. The summed E-state index contributed by atoms with van der Waals surface area (Å²) in [5, 5.41) is -0.651. The molecule has 2 aromatic rings. The van der Waals surface area contributed by atoms with Crippen LogP contribution in [0.25, 0.3) is 11.3 Å². The van der Waals surface area contributed by atoms with Crippen LogP contribution in [-0.4, -0.2) is 11.5 Å². The van der Waals surface area contributed by atoms with Gasteiger partial charge in [0.1, 0.15) is 22.1 Å². The molecule has 9 heteroatoms. The van der Waals surface area contributed by atoms with Crippen LogP contribution in [0.4, 0.5) is 17.6 Å². The lowest BCUT2D eigenvalue weighted by Crippen LogP contribution is -2.02. The van der Waals surface area contributed by atoms with Crippen molar-refractivity contribution in [3.05, 3.63) is 32.9 Å². The highest BCUT2D eigenvalue weighted by atomic mass is 35.5. The topological polar surface area (TPSA) is 22.1 Å². The van der Waals surface area contributed by atoms with Crippen molar-refractivity contribution < 1.29 is 22.3 Å². The Morgan fingerprint density at radius 2 is 1.90 bits per heavy atom. The largest absolute Gasteiger partial charge is 0.495 e. The Labute approximate surface area is 125 Å². The quantitative estimate of drug-likeness (QED) is 0.690. The van der Waals surface area contributed by atoms with Gasteiger partial charge in [-0.2, -0.15) is 17.5 Å². The fourth-order valence-electron chi connectivity index (χ4n) is 1.49. The van der Waals surface area contributed by atoms with E-state index < -0.39 is 21.9 Å². The molecule has 0 radical (unpaired) electrons. The third kappa shape index (κ3) is 2.70. The molecule has 0 atom stereocenters. The van der Waals surface area contributed by atoms with E-state index in [-0.39, 0.29) is 33.6 Å². The predicted molar refractivity (Wildman–Crippen MR) is 69.1 cm³/mol. The first kappa shape index (κ1) is 15.3. The molecule has 0 bridgehead atoms. The van der Waals surface area contributed by atoms with Gasteiger partial charge in [0.2, 0.25) is 0 Å². The summed E-state index contributed by atoms with van der Waals surface area (Å²) in [6.45, 7) is 0. The summed E-state index contributed by atoms with van der Waals surface area (Å²) in [7, 11) is 1.30. The number of halogens is 6. The van der Waals surface area contributed by atoms with Gasteiger partial charge in [-0.25, -0.2) is 4.39 Å². The molecule has 0 saturated carbocycles. The maximum Gasteiger partial charge on any atom is 0.428 e. The Kier molecular flexibility index (Phi) is 4.13. The molecule has 1 heterocycles. The summed E-state index contributed by atoms with van der Waals surface area (Å²) >= 11 is 11.5. The van der Waals surface area contributed by atoms with E-state index in [4.69, 9.17) is 27.9 Å². The number of hydrogen-bond acceptors (Lipinski definition) is 3. The number of ether oxygens (including phenoxy) is 1. The number of nitrogens with zero attached hydrogens (tertiary/aromatic N) is 1. The van der Waals surface area contributed by atoms with Gasteiger partial charge in [-0.3, -0.25) is 0 Å². The molecular weight excluding hydrogens is 341 g/mol. The standard InChI is InChI=1S/C11H5Cl2F4NOS/c1-19-7-2-4(6(14)3-5(7)12)9-8(13)10(20-18-9)11(15,16)17/h2-3H,1H3. The van der Waals surface area contributed by atoms with E-state index in [1.807, 2.05) is 0 Å². The number of alkyl halides is 3. The van der Waals surface area contributed by atoms with Crippen molar-refractivity contribution in [2.24, 2.45) is 0 Å². The van der Waals surface area contributed by atoms with Crippen molar-refractivity contribution >= 4 is 34.7 Å². The van der Waals surface area contributed by atoms with Crippen molar-refractivity contribution in [2.75, 3.05) is 7.11 Å². The summed E-state index contributed by atoms with van der Waals surface area (Å²) in [6, 6.07) is 2.08. The van der Waals surface area contributed by atoms with E-state index >= 15 is 0 Å².